The van der Waals surface area contributed by atoms with Gasteiger partial charge in [-0.25, -0.2) is 0 Å². The fourth-order valence-corrected chi connectivity index (χ4v) is 3.21. The van der Waals surface area contributed by atoms with Gasteiger partial charge in [-0.05, 0) is 25.8 Å². The lowest BCUT2D eigenvalue weighted by molar-refractivity contribution is -0.120. The van der Waals surface area contributed by atoms with Gasteiger partial charge in [0.25, 0.3) is 0 Å². The van der Waals surface area contributed by atoms with Crippen molar-refractivity contribution in [2.24, 2.45) is 0 Å². The molecule has 0 fully saturated rings. The lowest BCUT2D eigenvalue weighted by atomic mass is 10.1. The van der Waals surface area contributed by atoms with Gasteiger partial charge >= 0.3 is 0 Å². The lowest BCUT2D eigenvalue weighted by Crippen LogP contribution is -2.31. The van der Waals surface area contributed by atoms with Gasteiger partial charge in [-0.15, -0.1) is 11.8 Å². The van der Waals surface area contributed by atoms with Crippen LogP contribution in [-0.4, -0.2) is 28.3 Å². The Morgan fingerprint density at radius 3 is 2.67 bits per heavy atom. The highest BCUT2D eigenvalue weighted by Gasteiger charge is 2.24. The molecule has 0 radical (unpaired) electrons. The first kappa shape index (κ1) is 15.6. The van der Waals surface area contributed by atoms with Crippen molar-refractivity contribution >= 4 is 17.7 Å². The molecule has 0 saturated carbocycles. The van der Waals surface area contributed by atoms with Crippen molar-refractivity contribution in [2.75, 3.05) is 7.05 Å². The quantitative estimate of drug-likeness (QED) is 0.888. The van der Waals surface area contributed by atoms with E-state index in [-0.39, 0.29) is 16.4 Å². The summed E-state index contributed by atoms with van der Waals surface area (Å²) in [4.78, 5) is 16.3. The second-order valence-electron chi connectivity index (χ2n) is 4.75. The van der Waals surface area contributed by atoms with Gasteiger partial charge in [-0.1, -0.05) is 35.5 Å². The van der Waals surface area contributed by atoms with E-state index in [4.69, 9.17) is 4.52 Å². The molecule has 112 valence electrons. The molecule has 0 spiro atoms. The van der Waals surface area contributed by atoms with Crippen LogP contribution < -0.4 is 5.32 Å². The van der Waals surface area contributed by atoms with Crippen LogP contribution in [0.25, 0.3) is 0 Å². The standard InChI is InChI=1S/C15H19N3O2S/c1-10(15-17-11(2)18-20-15)21-13(14(19)16-3)9-12-7-5-4-6-8-12/h4-8,10,13H,9H2,1-3H3,(H,16,19)/t10-,13+/m0/s1. The number of aromatic nitrogens is 2. The molecule has 0 aliphatic rings. The highest BCUT2D eigenvalue weighted by molar-refractivity contribution is 8.00. The molecule has 21 heavy (non-hydrogen) atoms. The van der Waals surface area contributed by atoms with Gasteiger partial charge in [0.2, 0.25) is 11.8 Å². The second kappa shape index (κ2) is 7.26. The van der Waals surface area contributed by atoms with E-state index < -0.39 is 0 Å². The van der Waals surface area contributed by atoms with E-state index in [2.05, 4.69) is 15.5 Å². The van der Waals surface area contributed by atoms with E-state index in [0.29, 0.717) is 18.1 Å². The van der Waals surface area contributed by atoms with Crippen LogP contribution in [0.1, 0.15) is 29.5 Å². The topological polar surface area (TPSA) is 68.0 Å². The summed E-state index contributed by atoms with van der Waals surface area (Å²) in [6, 6.07) is 9.98. The Bertz CT molecular complexity index is 586. The van der Waals surface area contributed by atoms with Crippen molar-refractivity contribution in [3.8, 4) is 0 Å². The van der Waals surface area contributed by atoms with Crippen LogP contribution in [0, 0.1) is 6.92 Å². The average Bonchev–Trinajstić information content (AvgIpc) is 2.93. The molecule has 1 heterocycles. The maximum absolute atomic E-state index is 12.1. The Morgan fingerprint density at radius 1 is 1.38 bits per heavy atom. The smallest absolute Gasteiger partial charge is 0.239 e. The number of nitrogens with zero attached hydrogens (tertiary/aromatic N) is 2. The van der Waals surface area contributed by atoms with E-state index >= 15 is 0 Å². The van der Waals surface area contributed by atoms with Crippen molar-refractivity contribution in [1.29, 1.82) is 0 Å². The molecule has 1 N–H and O–H groups in total. The number of carbonyl (C=O) groups excluding carboxylic acids is 1. The Hall–Kier alpha value is -1.82. The molecule has 0 unspecified atom stereocenters. The molecule has 0 aliphatic heterocycles. The summed E-state index contributed by atoms with van der Waals surface area (Å²) < 4.78 is 5.18. The van der Waals surface area contributed by atoms with Crippen LogP contribution >= 0.6 is 11.8 Å². The van der Waals surface area contributed by atoms with E-state index in [0.717, 1.165) is 5.56 Å². The molecule has 1 amide bonds. The Morgan fingerprint density at radius 2 is 2.10 bits per heavy atom. The minimum absolute atomic E-state index is 0.00643. The van der Waals surface area contributed by atoms with Crippen molar-refractivity contribution in [2.45, 2.75) is 30.8 Å². The van der Waals surface area contributed by atoms with E-state index in [1.165, 1.54) is 11.8 Å². The third kappa shape index (κ3) is 4.32. The van der Waals surface area contributed by atoms with Gasteiger partial charge in [0.15, 0.2) is 5.82 Å². The van der Waals surface area contributed by atoms with Crippen LogP contribution in [0.5, 0.6) is 0 Å². The number of hydrogen-bond donors (Lipinski definition) is 1. The van der Waals surface area contributed by atoms with Gasteiger partial charge in [0, 0.05) is 7.05 Å². The fourth-order valence-electron chi connectivity index (χ4n) is 1.97. The van der Waals surface area contributed by atoms with Gasteiger partial charge in [-0.3, -0.25) is 4.79 Å². The first-order valence-electron chi connectivity index (χ1n) is 6.81. The highest BCUT2D eigenvalue weighted by Crippen LogP contribution is 2.32. The number of benzene rings is 1. The summed E-state index contributed by atoms with van der Waals surface area (Å²) in [6.45, 7) is 3.75. The first-order chi connectivity index (χ1) is 10.1. The van der Waals surface area contributed by atoms with Crippen LogP contribution in [0.2, 0.25) is 0 Å². The summed E-state index contributed by atoms with van der Waals surface area (Å²) in [5.74, 6) is 1.17. The predicted molar refractivity (Wildman–Crippen MR) is 83.0 cm³/mol. The molecule has 6 heteroatoms. The zero-order chi connectivity index (χ0) is 15.2. The molecule has 2 rings (SSSR count). The summed E-state index contributed by atoms with van der Waals surface area (Å²) in [7, 11) is 1.66. The van der Waals surface area contributed by atoms with Crippen LogP contribution in [0.3, 0.4) is 0 Å². The lowest BCUT2D eigenvalue weighted by Gasteiger charge is -2.17. The maximum atomic E-state index is 12.1. The van der Waals surface area contributed by atoms with Crippen molar-refractivity contribution in [1.82, 2.24) is 15.5 Å². The van der Waals surface area contributed by atoms with Gasteiger partial charge in [0.05, 0.1) is 10.5 Å². The Balaban J connectivity index is 2.07. The molecule has 2 atom stereocenters. The summed E-state index contributed by atoms with van der Waals surface area (Å²) in [6.07, 6.45) is 0.669. The molecule has 0 saturated heterocycles. The van der Waals surface area contributed by atoms with Crippen LogP contribution in [-0.2, 0) is 11.2 Å². The first-order valence-corrected chi connectivity index (χ1v) is 7.75. The van der Waals surface area contributed by atoms with Crippen molar-refractivity contribution in [3.63, 3.8) is 0 Å². The summed E-state index contributed by atoms with van der Waals surface area (Å²) >= 11 is 1.53. The minimum Gasteiger partial charge on any atom is -0.358 e. The largest absolute Gasteiger partial charge is 0.358 e. The van der Waals surface area contributed by atoms with Crippen LogP contribution in [0.15, 0.2) is 34.9 Å². The molecule has 1 aromatic carbocycles. The van der Waals surface area contributed by atoms with E-state index in [1.807, 2.05) is 37.3 Å². The number of thioether (sulfide) groups is 1. The van der Waals surface area contributed by atoms with Gasteiger partial charge in [0.1, 0.15) is 0 Å². The maximum Gasteiger partial charge on any atom is 0.239 e. The molecule has 2 aromatic rings. The molecular formula is C15H19N3O2S. The number of nitrogens with one attached hydrogen (secondary N) is 1. The molecule has 1 aromatic heterocycles. The van der Waals surface area contributed by atoms with Gasteiger partial charge in [-0.2, -0.15) is 4.98 Å². The summed E-state index contributed by atoms with van der Waals surface area (Å²) in [5, 5.41) is 6.29. The molecular weight excluding hydrogens is 286 g/mol. The normalized spacial score (nSPS) is 13.7. The SMILES string of the molecule is CNC(=O)[C@@H](Cc1ccccc1)S[C@@H](C)c1nc(C)no1. The number of hydrogen-bond acceptors (Lipinski definition) is 5. The summed E-state index contributed by atoms with van der Waals surface area (Å²) in [5.41, 5.74) is 1.13. The number of aryl methyl sites for hydroxylation is 1. The fraction of sp³-hybridized carbons (Fsp3) is 0.400. The van der Waals surface area contributed by atoms with E-state index in [1.54, 1.807) is 14.0 Å². The third-order valence-electron chi connectivity index (χ3n) is 3.06. The Kier molecular flexibility index (Phi) is 5.38. The monoisotopic (exact) mass is 305 g/mol. The Labute approximate surface area is 128 Å². The molecule has 0 bridgehead atoms. The van der Waals surface area contributed by atoms with E-state index in [9.17, 15) is 4.79 Å². The second-order valence-corrected chi connectivity index (χ2v) is 6.30. The molecule has 5 nitrogen and oxygen atoms in total. The number of amides is 1. The number of carbonyl (C=O) groups is 1. The average molecular weight is 305 g/mol. The van der Waals surface area contributed by atoms with Gasteiger partial charge < -0.3 is 9.84 Å². The number of rotatable bonds is 6. The van der Waals surface area contributed by atoms with Crippen LogP contribution in [0.4, 0.5) is 0 Å². The predicted octanol–water partition coefficient (Wildman–Crippen LogP) is 2.53. The zero-order valence-corrected chi connectivity index (χ0v) is 13.2. The third-order valence-corrected chi connectivity index (χ3v) is 4.38. The zero-order valence-electron chi connectivity index (χ0n) is 12.4. The highest BCUT2D eigenvalue weighted by atomic mass is 32.2. The van der Waals surface area contributed by atoms with Crippen molar-refractivity contribution in [3.05, 3.63) is 47.6 Å². The van der Waals surface area contributed by atoms with Crippen molar-refractivity contribution < 1.29 is 9.32 Å². The molecule has 0 aliphatic carbocycles. The minimum atomic E-state index is -0.195.